The Kier molecular flexibility index (Phi) is 4.53. The van der Waals surface area contributed by atoms with Crippen molar-refractivity contribution >= 4 is 11.2 Å². The summed E-state index contributed by atoms with van der Waals surface area (Å²) in [7, 11) is 0. The predicted molar refractivity (Wildman–Crippen MR) is 90.7 cm³/mol. The molecule has 0 N–H and O–H groups in total. The molecule has 1 aromatic heterocycles. The van der Waals surface area contributed by atoms with E-state index in [1.54, 1.807) is 6.07 Å². The molecule has 4 rings (SSSR count). The van der Waals surface area contributed by atoms with Crippen LogP contribution in [0.15, 0.2) is 18.3 Å². The molecule has 3 nitrogen and oxygen atoms in total. The summed E-state index contributed by atoms with van der Waals surface area (Å²) in [6.07, 6.45) is 2.44. The molecule has 2 saturated heterocycles. The van der Waals surface area contributed by atoms with Crippen LogP contribution in [0.4, 0.5) is 13.2 Å². The molecule has 138 valence electrons. The number of hydrogen-bond donors (Lipinski definition) is 0. The van der Waals surface area contributed by atoms with Crippen LogP contribution in [-0.4, -0.2) is 45.1 Å². The lowest BCUT2D eigenvalue weighted by molar-refractivity contribution is -0.141. The highest BCUT2D eigenvalue weighted by atomic mass is 32.2. The molecule has 0 amide bonds. The molecule has 1 aromatic rings. The van der Waals surface area contributed by atoms with Gasteiger partial charge in [0, 0.05) is 12.2 Å². The zero-order valence-corrected chi connectivity index (χ0v) is 14.9. The quantitative estimate of drug-likeness (QED) is 0.745. The van der Waals surface area contributed by atoms with Crippen molar-refractivity contribution in [1.29, 1.82) is 0 Å². The molecule has 0 aromatic carbocycles. The number of hydrogen-bond acceptors (Lipinski definition) is 3. The first-order chi connectivity index (χ1) is 11.8. The highest BCUT2D eigenvalue weighted by molar-refractivity contribution is 7.92. The maximum atomic E-state index is 12.6. The summed E-state index contributed by atoms with van der Waals surface area (Å²) in [6.45, 7) is 2.14. The molecule has 0 bridgehead atoms. The summed E-state index contributed by atoms with van der Waals surface area (Å²) in [5, 5.41) is 0. The SMILES string of the molecule is [O-][S+]1CC2(CCN(C3CC[C@H](c4ccc(C(F)(F)F)nc4)C3)CC2)C1. The van der Waals surface area contributed by atoms with Crippen LogP contribution in [0, 0.1) is 5.41 Å². The Balaban J connectivity index is 1.33. The number of halogens is 3. The minimum absolute atomic E-state index is 0.312. The van der Waals surface area contributed by atoms with Gasteiger partial charge in [0.05, 0.1) is 5.41 Å². The molecular weight excluding hydrogens is 349 g/mol. The average Bonchev–Trinajstić information content (AvgIpc) is 3.04. The van der Waals surface area contributed by atoms with Gasteiger partial charge in [0.15, 0.2) is 0 Å². The third kappa shape index (κ3) is 3.55. The summed E-state index contributed by atoms with van der Waals surface area (Å²) in [4.78, 5) is 6.16. The highest BCUT2D eigenvalue weighted by Crippen LogP contribution is 2.45. The Morgan fingerprint density at radius 1 is 1.16 bits per heavy atom. The van der Waals surface area contributed by atoms with Gasteiger partial charge >= 0.3 is 6.18 Å². The second-order valence-electron chi connectivity index (χ2n) is 7.90. The van der Waals surface area contributed by atoms with Crippen molar-refractivity contribution in [2.24, 2.45) is 5.41 Å². The standard InChI is InChI=1S/C18H23F3N2OS/c19-18(20,21)16-4-2-14(10-22-16)13-1-3-15(9-13)23-7-5-17(6-8-23)11-25(24)12-17/h2,4,10,13,15H,1,3,5-9,11-12H2/t13-,15?/m0/s1. The fourth-order valence-electron chi connectivity index (χ4n) is 4.70. The van der Waals surface area contributed by atoms with Crippen molar-refractivity contribution in [1.82, 2.24) is 9.88 Å². The van der Waals surface area contributed by atoms with Crippen LogP contribution < -0.4 is 0 Å². The van der Waals surface area contributed by atoms with E-state index in [-0.39, 0.29) is 0 Å². The second-order valence-corrected chi connectivity index (χ2v) is 9.36. The molecule has 3 heterocycles. The van der Waals surface area contributed by atoms with Gasteiger partial charge in [0.1, 0.15) is 17.2 Å². The highest BCUT2D eigenvalue weighted by Gasteiger charge is 2.50. The van der Waals surface area contributed by atoms with E-state index in [2.05, 4.69) is 9.88 Å². The Hall–Kier alpha value is -0.790. The molecule has 2 aliphatic heterocycles. The minimum atomic E-state index is -4.37. The number of aromatic nitrogens is 1. The first-order valence-corrected chi connectivity index (χ1v) is 10.5. The maximum absolute atomic E-state index is 12.6. The van der Waals surface area contributed by atoms with Crippen molar-refractivity contribution in [2.75, 3.05) is 24.6 Å². The van der Waals surface area contributed by atoms with Crippen LogP contribution in [0.2, 0.25) is 0 Å². The Morgan fingerprint density at radius 2 is 1.88 bits per heavy atom. The first-order valence-electron chi connectivity index (χ1n) is 8.97. The molecule has 25 heavy (non-hydrogen) atoms. The van der Waals surface area contributed by atoms with Crippen molar-refractivity contribution in [3.8, 4) is 0 Å². The number of pyridine rings is 1. The summed E-state index contributed by atoms with van der Waals surface area (Å²) in [5.74, 6) is 2.07. The normalized spacial score (nSPS) is 30.6. The van der Waals surface area contributed by atoms with Gasteiger partial charge < -0.3 is 9.45 Å². The van der Waals surface area contributed by atoms with E-state index in [0.717, 1.165) is 68.3 Å². The minimum Gasteiger partial charge on any atom is -0.616 e. The molecule has 1 aliphatic carbocycles. The molecule has 1 saturated carbocycles. The van der Waals surface area contributed by atoms with Gasteiger partial charge in [-0.3, -0.25) is 4.98 Å². The smallest absolute Gasteiger partial charge is 0.433 e. The number of piperidine rings is 1. The van der Waals surface area contributed by atoms with E-state index in [9.17, 15) is 17.7 Å². The van der Waals surface area contributed by atoms with Gasteiger partial charge in [-0.05, 0) is 62.7 Å². The van der Waals surface area contributed by atoms with Crippen LogP contribution in [0.3, 0.4) is 0 Å². The van der Waals surface area contributed by atoms with Crippen molar-refractivity contribution < 1.29 is 17.7 Å². The number of alkyl halides is 3. The lowest BCUT2D eigenvalue weighted by Gasteiger charge is -2.48. The van der Waals surface area contributed by atoms with E-state index in [1.165, 1.54) is 6.20 Å². The van der Waals surface area contributed by atoms with Crippen LogP contribution in [-0.2, 0) is 17.4 Å². The van der Waals surface area contributed by atoms with Crippen LogP contribution in [0.5, 0.6) is 0 Å². The first kappa shape index (κ1) is 17.6. The molecule has 1 unspecified atom stereocenters. The van der Waals surface area contributed by atoms with Gasteiger partial charge in [0.2, 0.25) is 0 Å². The van der Waals surface area contributed by atoms with E-state index in [0.29, 0.717) is 17.4 Å². The largest absolute Gasteiger partial charge is 0.616 e. The zero-order chi connectivity index (χ0) is 17.7. The predicted octanol–water partition coefficient (Wildman–Crippen LogP) is 3.58. The van der Waals surface area contributed by atoms with Gasteiger partial charge in [-0.25, -0.2) is 0 Å². The molecule has 1 spiro atoms. The maximum Gasteiger partial charge on any atom is 0.433 e. The second kappa shape index (κ2) is 6.43. The molecule has 2 atom stereocenters. The molecule has 3 aliphatic rings. The summed E-state index contributed by atoms with van der Waals surface area (Å²) < 4.78 is 49.3. The van der Waals surface area contributed by atoms with Crippen LogP contribution in [0.25, 0.3) is 0 Å². The Labute approximate surface area is 149 Å². The lowest BCUT2D eigenvalue weighted by atomic mass is 9.80. The summed E-state index contributed by atoms with van der Waals surface area (Å²) >= 11 is -0.587. The topological polar surface area (TPSA) is 39.2 Å². The average molecular weight is 372 g/mol. The van der Waals surface area contributed by atoms with Crippen LogP contribution in [0.1, 0.15) is 49.3 Å². The molecule has 0 radical (unpaired) electrons. The van der Waals surface area contributed by atoms with E-state index in [1.807, 2.05) is 0 Å². The van der Waals surface area contributed by atoms with E-state index >= 15 is 0 Å². The van der Waals surface area contributed by atoms with Gasteiger partial charge in [-0.2, -0.15) is 13.2 Å². The fraction of sp³-hybridized carbons (Fsp3) is 0.722. The third-order valence-corrected chi connectivity index (χ3v) is 8.13. The van der Waals surface area contributed by atoms with Gasteiger partial charge in [-0.1, -0.05) is 17.2 Å². The zero-order valence-electron chi connectivity index (χ0n) is 14.1. The number of rotatable bonds is 2. The Bertz CT molecular complexity index is 606. The van der Waals surface area contributed by atoms with E-state index in [4.69, 9.17) is 0 Å². The summed E-state index contributed by atoms with van der Waals surface area (Å²) in [6, 6.07) is 3.22. The van der Waals surface area contributed by atoms with Crippen molar-refractivity contribution in [3.63, 3.8) is 0 Å². The van der Waals surface area contributed by atoms with E-state index < -0.39 is 23.0 Å². The van der Waals surface area contributed by atoms with Crippen molar-refractivity contribution in [3.05, 3.63) is 29.6 Å². The third-order valence-electron chi connectivity index (χ3n) is 6.26. The lowest BCUT2D eigenvalue weighted by Crippen LogP contribution is -2.55. The van der Waals surface area contributed by atoms with Gasteiger partial charge in [0.25, 0.3) is 0 Å². The summed E-state index contributed by atoms with van der Waals surface area (Å²) in [5.41, 5.74) is 0.458. The monoisotopic (exact) mass is 372 g/mol. The van der Waals surface area contributed by atoms with Gasteiger partial charge in [-0.15, -0.1) is 0 Å². The molecule has 3 fully saturated rings. The molecule has 7 heteroatoms. The number of likely N-dealkylation sites (tertiary alicyclic amines) is 1. The number of nitrogens with zero attached hydrogens (tertiary/aromatic N) is 2. The Morgan fingerprint density at radius 3 is 2.44 bits per heavy atom. The van der Waals surface area contributed by atoms with Crippen LogP contribution >= 0.6 is 0 Å². The van der Waals surface area contributed by atoms with Crippen molar-refractivity contribution in [2.45, 2.75) is 50.2 Å². The molecular formula is C18H23F3N2OS. The fourth-order valence-corrected chi connectivity index (χ4v) is 6.56.